The SMILES string of the molecule is CCc1cnc(C(=O)OC(=O)c2ncc(CC)cc2C(=O)O)c(C(=O)O)c1. The molecule has 0 bridgehead atoms. The molecule has 0 saturated carbocycles. The normalized spacial score (nSPS) is 10.3. The lowest BCUT2D eigenvalue weighted by Crippen LogP contribution is -2.21. The lowest BCUT2D eigenvalue weighted by Gasteiger charge is -2.08. The summed E-state index contributed by atoms with van der Waals surface area (Å²) in [5, 5.41) is 18.5. The number of ether oxygens (including phenoxy) is 1. The first-order valence-corrected chi connectivity index (χ1v) is 7.99. The van der Waals surface area contributed by atoms with Gasteiger partial charge < -0.3 is 14.9 Å². The fourth-order valence-corrected chi connectivity index (χ4v) is 2.23. The molecule has 2 rings (SSSR count). The van der Waals surface area contributed by atoms with Crippen LogP contribution in [0.5, 0.6) is 0 Å². The lowest BCUT2D eigenvalue weighted by molar-refractivity contribution is 0.0378. The fraction of sp³-hybridized carbons (Fsp3) is 0.222. The van der Waals surface area contributed by atoms with Crippen LogP contribution in [0.4, 0.5) is 0 Å². The number of carboxylic acid groups (broad SMARTS) is 2. The first-order chi connectivity index (χ1) is 12.8. The van der Waals surface area contributed by atoms with Crippen molar-refractivity contribution < 1.29 is 34.1 Å². The maximum absolute atomic E-state index is 12.2. The zero-order chi connectivity index (χ0) is 20.1. The van der Waals surface area contributed by atoms with Gasteiger partial charge in [-0.15, -0.1) is 0 Å². The molecule has 2 heterocycles. The van der Waals surface area contributed by atoms with Crippen LogP contribution in [0, 0.1) is 0 Å². The van der Waals surface area contributed by atoms with Crippen molar-refractivity contribution in [3.8, 4) is 0 Å². The van der Waals surface area contributed by atoms with E-state index in [0.29, 0.717) is 24.0 Å². The van der Waals surface area contributed by atoms with Gasteiger partial charge in [-0.2, -0.15) is 0 Å². The first kappa shape index (κ1) is 19.7. The Morgan fingerprint density at radius 2 is 1.19 bits per heavy atom. The molecule has 9 heteroatoms. The van der Waals surface area contributed by atoms with Gasteiger partial charge in [0.05, 0.1) is 11.1 Å². The largest absolute Gasteiger partial charge is 0.478 e. The molecule has 140 valence electrons. The number of carbonyl (C=O) groups is 4. The van der Waals surface area contributed by atoms with Crippen LogP contribution in [-0.2, 0) is 17.6 Å². The van der Waals surface area contributed by atoms with E-state index in [4.69, 9.17) is 0 Å². The number of rotatable bonds is 6. The number of carboxylic acids is 2. The van der Waals surface area contributed by atoms with Gasteiger partial charge in [0.2, 0.25) is 0 Å². The molecule has 0 atom stereocenters. The highest BCUT2D eigenvalue weighted by Gasteiger charge is 2.26. The maximum Gasteiger partial charge on any atom is 0.365 e. The zero-order valence-electron chi connectivity index (χ0n) is 14.6. The van der Waals surface area contributed by atoms with Crippen molar-refractivity contribution in [2.24, 2.45) is 0 Å². The summed E-state index contributed by atoms with van der Waals surface area (Å²) in [4.78, 5) is 54.6. The van der Waals surface area contributed by atoms with Gasteiger partial charge in [0.25, 0.3) is 0 Å². The Bertz CT molecular complexity index is 862. The number of esters is 2. The highest BCUT2D eigenvalue weighted by atomic mass is 16.6. The fourth-order valence-electron chi connectivity index (χ4n) is 2.23. The van der Waals surface area contributed by atoms with E-state index < -0.39 is 46.4 Å². The molecule has 2 aromatic rings. The van der Waals surface area contributed by atoms with Gasteiger partial charge in [-0.1, -0.05) is 13.8 Å². The van der Waals surface area contributed by atoms with Crippen LogP contribution in [0.1, 0.15) is 66.7 Å². The number of aryl methyl sites for hydroxylation is 2. The van der Waals surface area contributed by atoms with Crippen molar-refractivity contribution in [1.82, 2.24) is 9.97 Å². The summed E-state index contributed by atoms with van der Waals surface area (Å²) in [5.41, 5.74) is -0.787. The van der Waals surface area contributed by atoms with Crippen LogP contribution in [-0.4, -0.2) is 44.1 Å². The number of aromatic carboxylic acids is 2. The molecule has 0 aromatic carbocycles. The van der Waals surface area contributed by atoms with Crippen molar-refractivity contribution in [1.29, 1.82) is 0 Å². The summed E-state index contributed by atoms with van der Waals surface area (Å²) in [7, 11) is 0. The number of nitrogens with zero attached hydrogens (tertiary/aromatic N) is 2. The van der Waals surface area contributed by atoms with E-state index in [-0.39, 0.29) is 0 Å². The molecule has 0 aliphatic carbocycles. The molecule has 2 N–H and O–H groups in total. The number of hydrogen-bond donors (Lipinski definition) is 2. The van der Waals surface area contributed by atoms with Gasteiger partial charge in [0.15, 0.2) is 11.4 Å². The van der Waals surface area contributed by atoms with Crippen LogP contribution in [0.15, 0.2) is 24.5 Å². The van der Waals surface area contributed by atoms with Crippen molar-refractivity contribution >= 4 is 23.9 Å². The van der Waals surface area contributed by atoms with Crippen LogP contribution >= 0.6 is 0 Å². The van der Waals surface area contributed by atoms with E-state index in [0.717, 1.165) is 0 Å². The van der Waals surface area contributed by atoms with Crippen molar-refractivity contribution in [2.75, 3.05) is 0 Å². The summed E-state index contributed by atoms with van der Waals surface area (Å²) in [6.45, 7) is 3.56. The van der Waals surface area contributed by atoms with Gasteiger partial charge in [0.1, 0.15) is 0 Å². The van der Waals surface area contributed by atoms with Gasteiger partial charge in [-0.25, -0.2) is 29.1 Å². The highest BCUT2D eigenvalue weighted by molar-refractivity contribution is 6.09. The van der Waals surface area contributed by atoms with E-state index in [1.165, 1.54) is 24.5 Å². The Hall–Kier alpha value is -3.62. The van der Waals surface area contributed by atoms with Gasteiger partial charge >= 0.3 is 23.9 Å². The van der Waals surface area contributed by atoms with Gasteiger partial charge in [0, 0.05) is 12.4 Å². The molecule has 0 radical (unpaired) electrons. The van der Waals surface area contributed by atoms with E-state index in [2.05, 4.69) is 14.7 Å². The lowest BCUT2D eigenvalue weighted by atomic mass is 10.1. The minimum atomic E-state index is -1.41. The zero-order valence-corrected chi connectivity index (χ0v) is 14.6. The Morgan fingerprint density at radius 1 is 0.815 bits per heavy atom. The van der Waals surface area contributed by atoms with Crippen molar-refractivity contribution in [2.45, 2.75) is 26.7 Å². The molecular weight excluding hydrogens is 356 g/mol. The monoisotopic (exact) mass is 372 g/mol. The molecule has 0 aliphatic rings. The van der Waals surface area contributed by atoms with E-state index in [1.807, 2.05) is 0 Å². The van der Waals surface area contributed by atoms with Gasteiger partial charge in [-0.05, 0) is 36.1 Å². The topological polar surface area (TPSA) is 144 Å². The van der Waals surface area contributed by atoms with Crippen molar-refractivity contribution in [3.63, 3.8) is 0 Å². The summed E-state index contributed by atoms with van der Waals surface area (Å²) in [5.74, 6) is -5.43. The minimum absolute atomic E-state index is 0.417. The summed E-state index contributed by atoms with van der Waals surface area (Å²) < 4.78 is 4.62. The second-order valence-corrected chi connectivity index (χ2v) is 5.47. The van der Waals surface area contributed by atoms with Crippen LogP contribution < -0.4 is 0 Å². The Kier molecular flexibility index (Phi) is 5.96. The van der Waals surface area contributed by atoms with Crippen LogP contribution in [0.25, 0.3) is 0 Å². The third-order valence-corrected chi connectivity index (χ3v) is 3.74. The average molecular weight is 372 g/mol. The molecule has 27 heavy (non-hydrogen) atoms. The second-order valence-electron chi connectivity index (χ2n) is 5.47. The molecule has 0 amide bonds. The average Bonchev–Trinajstić information content (AvgIpc) is 2.66. The first-order valence-electron chi connectivity index (χ1n) is 7.99. The summed E-state index contributed by atoms with van der Waals surface area (Å²) in [6, 6.07) is 2.51. The van der Waals surface area contributed by atoms with Crippen molar-refractivity contribution in [3.05, 3.63) is 58.2 Å². The minimum Gasteiger partial charge on any atom is -0.478 e. The quantitative estimate of drug-likeness (QED) is 0.574. The molecule has 0 fully saturated rings. The van der Waals surface area contributed by atoms with E-state index >= 15 is 0 Å². The predicted molar refractivity (Wildman–Crippen MR) is 90.9 cm³/mol. The maximum atomic E-state index is 12.2. The number of hydrogen-bond acceptors (Lipinski definition) is 7. The molecular formula is C18H16N2O7. The molecule has 2 aromatic heterocycles. The van der Waals surface area contributed by atoms with Crippen LogP contribution in [0.3, 0.4) is 0 Å². The van der Waals surface area contributed by atoms with Crippen LogP contribution in [0.2, 0.25) is 0 Å². The Morgan fingerprint density at radius 3 is 1.48 bits per heavy atom. The molecule has 0 saturated heterocycles. The Labute approximate surface area is 153 Å². The summed E-state index contributed by atoms with van der Waals surface area (Å²) in [6.07, 6.45) is 3.59. The van der Waals surface area contributed by atoms with Gasteiger partial charge in [-0.3, -0.25) is 0 Å². The van der Waals surface area contributed by atoms with E-state index in [9.17, 15) is 29.4 Å². The predicted octanol–water partition coefficient (Wildman–Crippen LogP) is 2.00. The standard InChI is InChI=1S/C18H16N2O7/c1-3-9-5-11(15(21)22)13(19-7-9)17(25)27-18(26)14-12(16(23)24)6-10(4-2)8-20-14/h5-8H,3-4H2,1-2H3,(H,21,22)(H,23,24). The number of aromatic nitrogens is 2. The highest BCUT2D eigenvalue weighted by Crippen LogP contribution is 2.15. The second kappa shape index (κ2) is 8.17. The number of pyridine rings is 2. The molecule has 0 unspecified atom stereocenters. The van der Waals surface area contributed by atoms with E-state index in [1.54, 1.807) is 13.8 Å². The molecule has 0 aliphatic heterocycles. The third-order valence-electron chi connectivity index (χ3n) is 3.74. The Balaban J connectivity index is 2.35. The summed E-state index contributed by atoms with van der Waals surface area (Å²) >= 11 is 0. The number of carbonyl (C=O) groups excluding carboxylic acids is 2. The third kappa shape index (κ3) is 4.32. The smallest absolute Gasteiger partial charge is 0.365 e. The molecule has 9 nitrogen and oxygen atoms in total. The molecule has 0 spiro atoms.